The number of aryl methyl sites for hydroxylation is 1. The summed E-state index contributed by atoms with van der Waals surface area (Å²) in [6, 6.07) is 1.65. The van der Waals surface area contributed by atoms with E-state index in [0.29, 0.717) is 18.9 Å². The van der Waals surface area contributed by atoms with Crippen LogP contribution in [0.2, 0.25) is 0 Å². The third-order valence-electron chi connectivity index (χ3n) is 4.21. The van der Waals surface area contributed by atoms with Crippen molar-refractivity contribution in [1.82, 2.24) is 14.9 Å². The quantitative estimate of drug-likeness (QED) is 0.915. The maximum absolute atomic E-state index is 11.9. The Kier molecular flexibility index (Phi) is 2.54. The molecule has 1 saturated carbocycles. The molecular formula is C15H16N4O2. The fraction of sp³-hybridized carbons (Fsp3) is 0.400. The Balaban J connectivity index is 1.77. The summed E-state index contributed by atoms with van der Waals surface area (Å²) in [6.07, 6.45) is 6.62. The zero-order valence-corrected chi connectivity index (χ0v) is 11.8. The molecule has 6 heteroatoms. The van der Waals surface area contributed by atoms with Crippen LogP contribution in [0.3, 0.4) is 0 Å². The van der Waals surface area contributed by atoms with Gasteiger partial charge in [-0.3, -0.25) is 15.0 Å². The molecule has 108 valence electrons. The van der Waals surface area contributed by atoms with Crippen molar-refractivity contribution in [3.8, 4) is 0 Å². The molecule has 2 aromatic rings. The number of amides is 3. The number of nitrogens with one attached hydrogen (secondary N) is 1. The summed E-state index contributed by atoms with van der Waals surface area (Å²) in [5.41, 5.74) is 3.00. The van der Waals surface area contributed by atoms with Crippen LogP contribution in [0.4, 0.5) is 10.5 Å². The highest BCUT2D eigenvalue weighted by Crippen LogP contribution is 2.44. The smallest absolute Gasteiger partial charge is 0.328 e. The molecule has 1 N–H and O–H groups in total. The first-order chi connectivity index (χ1) is 10.1. The highest BCUT2D eigenvalue weighted by atomic mass is 16.2. The number of anilines is 1. The summed E-state index contributed by atoms with van der Waals surface area (Å²) in [6.45, 7) is 0.406. The average Bonchev–Trinajstić information content (AvgIpc) is 3.24. The topological polar surface area (TPSA) is 67.2 Å². The van der Waals surface area contributed by atoms with Gasteiger partial charge in [0.2, 0.25) is 5.91 Å². The highest BCUT2D eigenvalue weighted by Gasteiger charge is 2.29. The lowest BCUT2D eigenvalue weighted by Crippen LogP contribution is -2.49. The zero-order chi connectivity index (χ0) is 14.6. The van der Waals surface area contributed by atoms with Crippen LogP contribution in [0.5, 0.6) is 0 Å². The van der Waals surface area contributed by atoms with Gasteiger partial charge in [0.25, 0.3) is 0 Å². The van der Waals surface area contributed by atoms with Gasteiger partial charge in [-0.1, -0.05) is 0 Å². The van der Waals surface area contributed by atoms with Gasteiger partial charge >= 0.3 is 6.03 Å². The molecule has 2 aliphatic rings. The molecule has 0 atom stereocenters. The Hall–Kier alpha value is -2.37. The molecule has 0 unspecified atom stereocenters. The predicted octanol–water partition coefficient (Wildman–Crippen LogP) is 1.90. The first kappa shape index (κ1) is 12.4. The Morgan fingerprint density at radius 3 is 2.86 bits per heavy atom. The molecule has 0 spiro atoms. The number of carbonyl (C=O) groups is 2. The van der Waals surface area contributed by atoms with Gasteiger partial charge in [-0.25, -0.2) is 9.78 Å². The van der Waals surface area contributed by atoms with Gasteiger partial charge in [-0.05, 0) is 30.4 Å². The van der Waals surface area contributed by atoms with E-state index in [1.165, 1.54) is 18.4 Å². The average molecular weight is 284 g/mol. The van der Waals surface area contributed by atoms with E-state index >= 15 is 0 Å². The summed E-state index contributed by atoms with van der Waals surface area (Å²) in [5, 5.41) is 3.46. The molecular weight excluding hydrogens is 268 g/mol. The van der Waals surface area contributed by atoms with E-state index in [-0.39, 0.29) is 11.9 Å². The van der Waals surface area contributed by atoms with Gasteiger partial charge in [0.05, 0.1) is 11.9 Å². The molecule has 2 fully saturated rings. The fourth-order valence-corrected chi connectivity index (χ4v) is 2.96. The number of hydrogen-bond acceptors (Lipinski definition) is 3. The molecule has 6 nitrogen and oxygen atoms in total. The van der Waals surface area contributed by atoms with Crippen LogP contribution in [-0.4, -0.2) is 28.0 Å². The molecule has 3 amide bonds. The lowest BCUT2D eigenvalue weighted by atomic mass is 10.1. The summed E-state index contributed by atoms with van der Waals surface area (Å²) in [5.74, 6) is 0.408. The molecule has 1 aliphatic heterocycles. The fourth-order valence-electron chi connectivity index (χ4n) is 2.96. The van der Waals surface area contributed by atoms with E-state index in [9.17, 15) is 9.59 Å². The maximum Gasteiger partial charge on any atom is 0.328 e. The van der Waals surface area contributed by atoms with E-state index < -0.39 is 0 Å². The van der Waals surface area contributed by atoms with Gasteiger partial charge in [-0.2, -0.15) is 0 Å². The monoisotopic (exact) mass is 284 g/mol. The third-order valence-corrected chi connectivity index (χ3v) is 4.21. The van der Waals surface area contributed by atoms with Crippen molar-refractivity contribution in [3.63, 3.8) is 0 Å². The second-order valence-electron chi connectivity index (χ2n) is 5.79. The van der Waals surface area contributed by atoms with Crippen LogP contribution in [0, 0.1) is 0 Å². The van der Waals surface area contributed by atoms with Crippen molar-refractivity contribution in [2.24, 2.45) is 7.05 Å². The minimum absolute atomic E-state index is 0.219. The van der Waals surface area contributed by atoms with Crippen molar-refractivity contribution in [2.75, 3.05) is 11.4 Å². The van der Waals surface area contributed by atoms with E-state index in [2.05, 4.69) is 16.5 Å². The van der Waals surface area contributed by atoms with Crippen LogP contribution in [-0.2, 0) is 11.8 Å². The van der Waals surface area contributed by atoms with E-state index in [1.807, 2.05) is 17.7 Å². The molecule has 1 aliphatic carbocycles. The lowest BCUT2D eigenvalue weighted by Gasteiger charge is -2.26. The second-order valence-corrected chi connectivity index (χ2v) is 5.79. The molecule has 21 heavy (non-hydrogen) atoms. The second kappa shape index (κ2) is 4.31. The predicted molar refractivity (Wildman–Crippen MR) is 78.2 cm³/mol. The summed E-state index contributed by atoms with van der Waals surface area (Å²) in [7, 11) is 1.99. The molecule has 0 aromatic carbocycles. The van der Waals surface area contributed by atoms with Gasteiger partial charge in [0, 0.05) is 31.6 Å². The lowest BCUT2D eigenvalue weighted by molar-refractivity contribution is -0.120. The summed E-state index contributed by atoms with van der Waals surface area (Å²) >= 11 is 0. The van der Waals surface area contributed by atoms with Gasteiger partial charge in [0.15, 0.2) is 0 Å². The Bertz CT molecular complexity index is 760. The Labute approximate surface area is 121 Å². The number of rotatable bonds is 2. The van der Waals surface area contributed by atoms with Crippen molar-refractivity contribution >= 4 is 28.7 Å². The van der Waals surface area contributed by atoms with Gasteiger partial charge < -0.3 is 4.57 Å². The highest BCUT2D eigenvalue weighted by molar-refractivity contribution is 6.06. The number of urea groups is 1. The molecule has 2 aromatic heterocycles. The Morgan fingerprint density at radius 1 is 1.33 bits per heavy atom. The minimum Gasteiger partial charge on any atom is -0.335 e. The normalized spacial score (nSPS) is 19.2. The molecule has 0 radical (unpaired) electrons. The maximum atomic E-state index is 11.9. The molecule has 4 rings (SSSR count). The van der Waals surface area contributed by atoms with E-state index in [4.69, 9.17) is 0 Å². The van der Waals surface area contributed by atoms with Crippen molar-refractivity contribution in [1.29, 1.82) is 0 Å². The number of carbonyl (C=O) groups excluding carboxylic acids is 2. The number of hydrogen-bond donors (Lipinski definition) is 1. The van der Waals surface area contributed by atoms with Crippen LogP contribution >= 0.6 is 0 Å². The third kappa shape index (κ3) is 1.98. The number of imide groups is 1. The van der Waals surface area contributed by atoms with Crippen LogP contribution in [0.25, 0.3) is 11.0 Å². The van der Waals surface area contributed by atoms with Crippen LogP contribution in [0.1, 0.15) is 30.7 Å². The van der Waals surface area contributed by atoms with Gasteiger partial charge in [-0.15, -0.1) is 0 Å². The van der Waals surface area contributed by atoms with Gasteiger partial charge in [0.1, 0.15) is 5.65 Å². The number of fused-ring (bicyclic) bond motifs is 1. The van der Waals surface area contributed by atoms with Crippen LogP contribution in [0.15, 0.2) is 18.5 Å². The number of aromatic nitrogens is 2. The van der Waals surface area contributed by atoms with E-state index in [1.54, 1.807) is 11.1 Å². The Morgan fingerprint density at radius 2 is 2.14 bits per heavy atom. The first-order valence-electron chi connectivity index (χ1n) is 7.20. The molecule has 1 saturated heterocycles. The first-order valence-corrected chi connectivity index (χ1v) is 7.20. The van der Waals surface area contributed by atoms with Crippen molar-refractivity contribution < 1.29 is 9.59 Å². The van der Waals surface area contributed by atoms with Crippen LogP contribution < -0.4 is 10.2 Å². The van der Waals surface area contributed by atoms with Crippen molar-refractivity contribution in [3.05, 3.63) is 24.0 Å². The largest absolute Gasteiger partial charge is 0.335 e. The van der Waals surface area contributed by atoms with E-state index in [0.717, 1.165) is 16.7 Å². The summed E-state index contributed by atoms with van der Waals surface area (Å²) < 4.78 is 2.03. The standard InChI is InChI=1S/C15H16N4O2/c1-18-8-12(9-2-3-9)11-6-10(7-16-14(11)18)19-5-4-13(20)17-15(19)21/h6-9H,2-5H2,1H3,(H,17,20,21). The molecule has 0 bridgehead atoms. The summed E-state index contributed by atoms with van der Waals surface area (Å²) in [4.78, 5) is 29.3. The zero-order valence-electron chi connectivity index (χ0n) is 11.8. The number of nitrogens with zero attached hydrogens (tertiary/aromatic N) is 3. The minimum atomic E-state index is -0.365. The number of pyridine rings is 1. The SMILES string of the molecule is Cn1cc(C2CC2)c2cc(N3CCC(=O)NC3=O)cnc21. The molecule has 3 heterocycles. The van der Waals surface area contributed by atoms with Crippen molar-refractivity contribution in [2.45, 2.75) is 25.2 Å².